The van der Waals surface area contributed by atoms with Crippen LogP contribution in [0.15, 0.2) is 39.1 Å². The fraction of sp³-hybridized carbons (Fsp3) is 0.312. The summed E-state index contributed by atoms with van der Waals surface area (Å²) in [6, 6.07) is 4.79. The van der Waals surface area contributed by atoms with Crippen LogP contribution in [0.1, 0.15) is 25.0 Å². The topological polar surface area (TPSA) is 70.7 Å². The third kappa shape index (κ3) is 3.08. The Kier molecular flexibility index (Phi) is 4.25. The third-order valence-electron chi connectivity index (χ3n) is 3.11. The predicted molar refractivity (Wildman–Crippen MR) is 78.1 cm³/mol. The average Bonchev–Trinajstić information content (AvgIpc) is 2.36. The van der Waals surface area contributed by atoms with Gasteiger partial charge in [0.05, 0.1) is 0 Å². The molecule has 0 bridgehead atoms. The number of benzene rings is 1. The van der Waals surface area contributed by atoms with Crippen LogP contribution in [0.3, 0.4) is 0 Å². The van der Waals surface area contributed by atoms with Crippen molar-refractivity contribution in [2.75, 3.05) is 6.61 Å². The Labute approximate surface area is 117 Å². The highest BCUT2D eigenvalue weighted by Gasteiger charge is 2.10. The molecule has 2 aromatic rings. The van der Waals surface area contributed by atoms with E-state index in [4.69, 9.17) is 9.52 Å². The van der Waals surface area contributed by atoms with E-state index in [0.717, 1.165) is 16.5 Å². The molecule has 0 spiro atoms. The highest BCUT2D eigenvalue weighted by molar-refractivity contribution is 5.82. The minimum Gasteiger partial charge on any atom is -0.508 e. The van der Waals surface area contributed by atoms with Crippen molar-refractivity contribution in [1.82, 2.24) is 0 Å². The molecule has 0 aliphatic carbocycles. The number of hydrogen-bond acceptors (Lipinski definition) is 4. The van der Waals surface area contributed by atoms with Gasteiger partial charge in [0, 0.05) is 23.6 Å². The predicted octanol–water partition coefficient (Wildman–Crippen LogP) is 2.54. The molecule has 0 amide bonds. The van der Waals surface area contributed by atoms with Crippen molar-refractivity contribution in [3.05, 3.63) is 51.4 Å². The van der Waals surface area contributed by atoms with Gasteiger partial charge in [0.2, 0.25) is 0 Å². The number of hydrogen-bond donors (Lipinski definition) is 2. The highest BCUT2D eigenvalue weighted by atomic mass is 16.4. The van der Waals surface area contributed by atoms with E-state index in [9.17, 15) is 9.90 Å². The van der Waals surface area contributed by atoms with Crippen LogP contribution in [0.4, 0.5) is 0 Å². The number of phenols is 1. The summed E-state index contributed by atoms with van der Waals surface area (Å²) in [5.74, 6) is 0.0288. The van der Waals surface area contributed by atoms with Crippen molar-refractivity contribution in [3.63, 3.8) is 0 Å². The van der Waals surface area contributed by atoms with E-state index < -0.39 is 5.63 Å². The first kappa shape index (κ1) is 14.3. The second-order valence-corrected chi connectivity index (χ2v) is 5.04. The number of allylic oxidation sites excluding steroid dienone is 2. The summed E-state index contributed by atoms with van der Waals surface area (Å²) in [4.78, 5) is 11.9. The van der Waals surface area contributed by atoms with Crippen LogP contribution in [-0.2, 0) is 12.8 Å². The molecule has 0 radical (unpaired) electrons. The summed E-state index contributed by atoms with van der Waals surface area (Å²) in [6.07, 6.45) is 2.88. The fourth-order valence-electron chi connectivity index (χ4n) is 2.10. The van der Waals surface area contributed by atoms with E-state index in [-0.39, 0.29) is 12.4 Å². The molecule has 0 aliphatic heterocycles. The minimum absolute atomic E-state index is 0.0268. The molecule has 0 aliphatic rings. The van der Waals surface area contributed by atoms with Gasteiger partial charge in [-0.25, -0.2) is 4.79 Å². The number of rotatable bonds is 4. The van der Waals surface area contributed by atoms with Crippen LogP contribution in [-0.4, -0.2) is 16.8 Å². The van der Waals surface area contributed by atoms with Crippen molar-refractivity contribution >= 4 is 11.0 Å². The van der Waals surface area contributed by atoms with Crippen molar-refractivity contribution in [1.29, 1.82) is 0 Å². The van der Waals surface area contributed by atoms with Crippen LogP contribution >= 0.6 is 0 Å². The quantitative estimate of drug-likeness (QED) is 0.664. The van der Waals surface area contributed by atoms with Crippen LogP contribution in [0.2, 0.25) is 0 Å². The van der Waals surface area contributed by atoms with Crippen molar-refractivity contribution in [3.8, 4) is 5.75 Å². The molecule has 1 aromatic heterocycles. The lowest BCUT2D eigenvalue weighted by Gasteiger charge is -2.07. The minimum atomic E-state index is -0.393. The van der Waals surface area contributed by atoms with Gasteiger partial charge in [-0.05, 0) is 44.4 Å². The monoisotopic (exact) mass is 274 g/mol. The molecule has 2 rings (SSSR count). The van der Waals surface area contributed by atoms with Gasteiger partial charge in [0.1, 0.15) is 11.3 Å². The molecule has 0 saturated heterocycles. The first-order chi connectivity index (χ1) is 9.51. The number of fused-ring (bicyclic) bond motifs is 1. The number of aliphatic hydroxyl groups excluding tert-OH is 1. The van der Waals surface area contributed by atoms with Crippen molar-refractivity contribution in [2.24, 2.45) is 0 Å². The Morgan fingerprint density at radius 3 is 2.65 bits per heavy atom. The highest BCUT2D eigenvalue weighted by Crippen LogP contribution is 2.25. The van der Waals surface area contributed by atoms with Crippen LogP contribution < -0.4 is 5.63 Å². The molecule has 0 fully saturated rings. The normalized spacial score (nSPS) is 10.8. The Bertz CT molecular complexity index is 706. The van der Waals surface area contributed by atoms with Gasteiger partial charge < -0.3 is 14.6 Å². The number of aliphatic hydroxyl groups is 1. The Morgan fingerprint density at radius 2 is 2.00 bits per heavy atom. The van der Waals surface area contributed by atoms with E-state index in [2.05, 4.69) is 0 Å². The lowest BCUT2D eigenvalue weighted by Crippen LogP contribution is -2.07. The summed E-state index contributed by atoms with van der Waals surface area (Å²) in [7, 11) is 0. The Balaban J connectivity index is 2.60. The summed E-state index contributed by atoms with van der Waals surface area (Å²) in [5, 5.41) is 19.5. The zero-order valence-electron chi connectivity index (χ0n) is 11.6. The van der Waals surface area contributed by atoms with Crippen molar-refractivity contribution in [2.45, 2.75) is 26.7 Å². The lowest BCUT2D eigenvalue weighted by atomic mass is 10.0. The average molecular weight is 274 g/mol. The smallest absolute Gasteiger partial charge is 0.339 e. The first-order valence-electron chi connectivity index (χ1n) is 6.54. The van der Waals surface area contributed by atoms with Gasteiger partial charge >= 0.3 is 5.63 Å². The molecule has 0 saturated carbocycles. The summed E-state index contributed by atoms with van der Waals surface area (Å²) in [5.41, 5.74) is 2.43. The van der Waals surface area contributed by atoms with Gasteiger partial charge in [0.25, 0.3) is 0 Å². The summed E-state index contributed by atoms with van der Waals surface area (Å²) < 4.78 is 5.27. The SMILES string of the molecule is CC(C)=CCc1cc2c(CCO)cc(O)cc2oc1=O. The molecule has 4 heteroatoms. The molecule has 20 heavy (non-hydrogen) atoms. The molecule has 2 N–H and O–H groups in total. The zero-order valence-corrected chi connectivity index (χ0v) is 11.6. The first-order valence-corrected chi connectivity index (χ1v) is 6.54. The van der Waals surface area contributed by atoms with E-state index in [1.807, 2.05) is 19.9 Å². The summed E-state index contributed by atoms with van der Waals surface area (Å²) in [6.45, 7) is 3.91. The molecule has 0 unspecified atom stereocenters. The van der Waals surface area contributed by atoms with Gasteiger partial charge in [-0.15, -0.1) is 0 Å². The second kappa shape index (κ2) is 5.92. The number of aromatic hydroxyl groups is 1. The van der Waals surface area contributed by atoms with Gasteiger partial charge in [-0.3, -0.25) is 0 Å². The lowest BCUT2D eigenvalue weighted by molar-refractivity contribution is 0.300. The fourth-order valence-corrected chi connectivity index (χ4v) is 2.10. The zero-order chi connectivity index (χ0) is 14.7. The standard InChI is InChI=1S/C16H18O4/c1-10(2)3-4-12-8-14-11(5-6-17)7-13(18)9-15(14)20-16(12)19/h3,7-9,17-18H,4-6H2,1-2H3. The van der Waals surface area contributed by atoms with Crippen molar-refractivity contribution < 1.29 is 14.6 Å². The van der Waals surface area contributed by atoms with Gasteiger partial charge in [0.15, 0.2) is 0 Å². The van der Waals surface area contributed by atoms with E-state index >= 15 is 0 Å². The van der Waals surface area contributed by atoms with Gasteiger partial charge in [-0.2, -0.15) is 0 Å². The van der Waals surface area contributed by atoms with E-state index in [0.29, 0.717) is 24.0 Å². The Hall–Kier alpha value is -2.07. The molecular formula is C16H18O4. The van der Waals surface area contributed by atoms with Crippen LogP contribution in [0.25, 0.3) is 11.0 Å². The molecule has 4 nitrogen and oxygen atoms in total. The molecule has 106 valence electrons. The molecule has 0 atom stereocenters. The largest absolute Gasteiger partial charge is 0.508 e. The maximum Gasteiger partial charge on any atom is 0.339 e. The number of phenolic OH excluding ortho intramolecular Hbond substituents is 1. The molecule has 1 aromatic carbocycles. The maximum atomic E-state index is 11.9. The summed E-state index contributed by atoms with van der Waals surface area (Å²) >= 11 is 0. The van der Waals surface area contributed by atoms with Gasteiger partial charge in [-0.1, -0.05) is 11.6 Å². The third-order valence-corrected chi connectivity index (χ3v) is 3.11. The molecular weight excluding hydrogens is 256 g/mol. The molecule has 1 heterocycles. The van der Waals surface area contributed by atoms with E-state index in [1.54, 1.807) is 12.1 Å². The maximum absolute atomic E-state index is 11.9. The van der Waals surface area contributed by atoms with Crippen LogP contribution in [0.5, 0.6) is 5.75 Å². The van der Waals surface area contributed by atoms with Crippen LogP contribution in [0, 0.1) is 0 Å². The Morgan fingerprint density at radius 1 is 1.25 bits per heavy atom. The van der Waals surface area contributed by atoms with E-state index in [1.165, 1.54) is 6.07 Å². The second-order valence-electron chi connectivity index (χ2n) is 5.04.